The highest BCUT2D eigenvalue weighted by molar-refractivity contribution is 6.03. The number of dihydropyridines is 1. The van der Waals surface area contributed by atoms with Gasteiger partial charge in [0.15, 0.2) is 0 Å². The predicted molar refractivity (Wildman–Crippen MR) is 127 cm³/mol. The first-order valence-electron chi connectivity index (χ1n) is 11.2. The van der Waals surface area contributed by atoms with Crippen LogP contribution in [0.4, 0.5) is 0 Å². The maximum atomic E-state index is 12.8. The molecule has 1 heterocycles. The van der Waals surface area contributed by atoms with Crippen molar-refractivity contribution < 1.29 is 28.6 Å². The summed E-state index contributed by atoms with van der Waals surface area (Å²) >= 11 is 0. The Morgan fingerprint density at radius 1 is 1.00 bits per heavy atom. The first-order chi connectivity index (χ1) is 15.6. The lowest BCUT2D eigenvalue weighted by Crippen LogP contribution is -2.25. The van der Waals surface area contributed by atoms with Crippen LogP contribution < -0.4 is 5.32 Å². The molecule has 0 bridgehead atoms. The molecule has 7 heteroatoms. The van der Waals surface area contributed by atoms with Crippen LogP contribution in [0.1, 0.15) is 65.5 Å². The molecule has 0 saturated heterocycles. The van der Waals surface area contributed by atoms with E-state index in [1.54, 1.807) is 26.1 Å². The number of nitrogens with one attached hydrogen (secondary N) is 1. The zero-order valence-electron chi connectivity index (χ0n) is 20.2. The van der Waals surface area contributed by atoms with Crippen molar-refractivity contribution in [2.75, 3.05) is 13.2 Å². The molecule has 1 N–H and O–H groups in total. The summed E-state index contributed by atoms with van der Waals surface area (Å²) in [5, 5.41) is 3.08. The van der Waals surface area contributed by atoms with Crippen LogP contribution in [0, 0.1) is 0 Å². The minimum atomic E-state index is -0.607. The van der Waals surface area contributed by atoms with E-state index in [2.05, 4.69) is 5.32 Å². The molecule has 0 unspecified atom stereocenters. The van der Waals surface area contributed by atoms with E-state index in [9.17, 15) is 14.4 Å². The highest BCUT2D eigenvalue weighted by Gasteiger charge is 2.27. The Balaban J connectivity index is 2.53. The van der Waals surface area contributed by atoms with Gasteiger partial charge in [-0.25, -0.2) is 14.4 Å². The molecule has 7 nitrogen and oxygen atoms in total. The van der Waals surface area contributed by atoms with Gasteiger partial charge in [-0.2, -0.15) is 0 Å². The van der Waals surface area contributed by atoms with Gasteiger partial charge in [0.2, 0.25) is 0 Å². The lowest BCUT2D eigenvalue weighted by Gasteiger charge is -2.23. The van der Waals surface area contributed by atoms with Crippen molar-refractivity contribution in [3.8, 4) is 0 Å². The van der Waals surface area contributed by atoms with Gasteiger partial charge in [0, 0.05) is 23.8 Å². The Morgan fingerprint density at radius 2 is 1.64 bits per heavy atom. The molecule has 1 aliphatic heterocycles. The molecule has 0 saturated carbocycles. The maximum absolute atomic E-state index is 12.8. The zero-order valence-corrected chi connectivity index (χ0v) is 20.2. The number of carbonyl (C=O) groups is 3. The van der Waals surface area contributed by atoms with E-state index in [1.165, 1.54) is 0 Å². The second-order valence-electron chi connectivity index (χ2n) is 8.40. The van der Waals surface area contributed by atoms with E-state index >= 15 is 0 Å². The van der Waals surface area contributed by atoms with E-state index in [1.807, 2.05) is 52.0 Å². The summed E-state index contributed by atoms with van der Waals surface area (Å²) in [5.74, 6) is -1.39. The number of hydrogen-bond donors (Lipinski definition) is 1. The van der Waals surface area contributed by atoms with Gasteiger partial charge in [-0.1, -0.05) is 31.2 Å². The van der Waals surface area contributed by atoms with Crippen molar-refractivity contribution in [2.24, 2.45) is 0 Å². The lowest BCUT2D eigenvalue weighted by atomic mass is 9.93. The van der Waals surface area contributed by atoms with Gasteiger partial charge in [0.05, 0.1) is 30.1 Å². The number of ether oxygens (including phenoxy) is 3. The van der Waals surface area contributed by atoms with Crippen molar-refractivity contribution in [3.63, 3.8) is 0 Å². The summed E-state index contributed by atoms with van der Waals surface area (Å²) in [4.78, 5) is 37.7. The number of rotatable bonds is 8. The normalized spacial score (nSPS) is 14.2. The van der Waals surface area contributed by atoms with Crippen molar-refractivity contribution >= 4 is 29.7 Å². The molecular weight excluding hydrogens is 422 g/mol. The molecule has 0 spiro atoms. The molecule has 1 aliphatic rings. The third-order valence-electron chi connectivity index (χ3n) is 4.72. The molecule has 33 heavy (non-hydrogen) atoms. The first-order valence-corrected chi connectivity index (χ1v) is 11.2. The van der Waals surface area contributed by atoms with Crippen LogP contribution in [0.3, 0.4) is 0 Å². The summed E-state index contributed by atoms with van der Waals surface area (Å²) < 4.78 is 15.9. The summed E-state index contributed by atoms with van der Waals surface area (Å²) in [6.45, 7) is 11.2. The minimum Gasteiger partial charge on any atom is -0.463 e. The molecule has 0 fully saturated rings. The Labute approximate surface area is 195 Å². The Hall–Kier alpha value is -3.35. The van der Waals surface area contributed by atoms with E-state index in [4.69, 9.17) is 14.2 Å². The number of hydrogen-bond acceptors (Lipinski definition) is 7. The molecule has 0 aliphatic carbocycles. The van der Waals surface area contributed by atoms with Gasteiger partial charge >= 0.3 is 17.9 Å². The van der Waals surface area contributed by atoms with Crippen molar-refractivity contribution in [1.82, 2.24) is 5.32 Å². The fourth-order valence-corrected chi connectivity index (χ4v) is 3.25. The number of carbonyl (C=O) groups excluding carboxylic acids is 3. The van der Waals surface area contributed by atoms with Crippen LogP contribution >= 0.6 is 0 Å². The van der Waals surface area contributed by atoms with Crippen LogP contribution in [0.25, 0.3) is 11.8 Å². The van der Waals surface area contributed by atoms with Gasteiger partial charge in [0.1, 0.15) is 5.60 Å². The fraction of sp³-hybridized carbons (Fsp3) is 0.423. The van der Waals surface area contributed by atoms with Gasteiger partial charge in [-0.3, -0.25) is 0 Å². The van der Waals surface area contributed by atoms with Crippen LogP contribution in [0.5, 0.6) is 0 Å². The highest BCUT2D eigenvalue weighted by Crippen LogP contribution is 2.30. The Kier molecular flexibility index (Phi) is 9.02. The minimum absolute atomic E-state index is 0.0742. The van der Waals surface area contributed by atoms with Crippen LogP contribution in [-0.4, -0.2) is 36.7 Å². The Morgan fingerprint density at radius 3 is 2.24 bits per heavy atom. The fourth-order valence-electron chi connectivity index (χ4n) is 3.25. The summed E-state index contributed by atoms with van der Waals surface area (Å²) in [7, 11) is 0. The monoisotopic (exact) mass is 455 g/mol. The van der Waals surface area contributed by atoms with Crippen molar-refractivity contribution in [3.05, 3.63) is 58.3 Å². The second-order valence-corrected chi connectivity index (χ2v) is 8.40. The quantitative estimate of drug-likeness (QED) is 0.350. The lowest BCUT2D eigenvalue weighted by molar-refractivity contribution is -0.150. The average Bonchev–Trinajstić information content (AvgIpc) is 2.76. The highest BCUT2D eigenvalue weighted by atomic mass is 16.6. The molecule has 1 aromatic carbocycles. The van der Waals surface area contributed by atoms with E-state index < -0.39 is 17.5 Å². The molecule has 1 aromatic rings. The van der Waals surface area contributed by atoms with Crippen LogP contribution in [0.2, 0.25) is 0 Å². The molecule has 0 atom stereocenters. The third-order valence-corrected chi connectivity index (χ3v) is 4.72. The SMILES string of the molecule is CCOC(=O)C1=CNC(c2ccccc2/C=C(\CC)C(=O)OC(C)(C)C)=C(C(=O)OCC)C1. The average molecular weight is 456 g/mol. The molecule has 2 rings (SSSR count). The van der Waals surface area contributed by atoms with Crippen molar-refractivity contribution in [2.45, 2.75) is 60.0 Å². The van der Waals surface area contributed by atoms with Gasteiger partial charge in [-0.15, -0.1) is 0 Å². The van der Waals surface area contributed by atoms with Gasteiger partial charge in [0.25, 0.3) is 0 Å². The van der Waals surface area contributed by atoms with Crippen molar-refractivity contribution in [1.29, 1.82) is 0 Å². The molecule has 0 amide bonds. The second kappa shape index (κ2) is 11.5. The Bertz CT molecular complexity index is 994. The van der Waals surface area contributed by atoms with Gasteiger partial charge < -0.3 is 19.5 Å². The summed E-state index contributed by atoms with van der Waals surface area (Å²) in [6, 6.07) is 7.40. The summed E-state index contributed by atoms with van der Waals surface area (Å²) in [5.41, 5.74) is 2.51. The molecule has 0 radical (unpaired) electrons. The smallest absolute Gasteiger partial charge is 0.336 e. The summed E-state index contributed by atoms with van der Waals surface area (Å²) in [6.07, 6.45) is 3.87. The molecule has 178 valence electrons. The standard InChI is InChI=1S/C26H33NO6/c1-7-17(24(29)33-26(4,5)6)14-18-12-10-11-13-20(18)22-21(25(30)32-9-3)15-19(16-27-22)23(28)31-8-2/h10-14,16,27H,7-9,15H2,1-6H3/b17-14+. The van der Waals surface area contributed by atoms with Crippen LogP contribution in [-0.2, 0) is 28.6 Å². The van der Waals surface area contributed by atoms with E-state index in [-0.39, 0.29) is 25.6 Å². The van der Waals surface area contributed by atoms with Gasteiger partial charge in [-0.05, 0) is 52.7 Å². The molecule has 0 aromatic heterocycles. The zero-order chi connectivity index (χ0) is 24.6. The van der Waals surface area contributed by atoms with Crippen LogP contribution in [0.15, 0.2) is 47.2 Å². The van der Waals surface area contributed by atoms with E-state index in [0.29, 0.717) is 34.4 Å². The predicted octanol–water partition coefficient (Wildman–Crippen LogP) is 4.54. The first kappa shape index (κ1) is 25.9. The largest absolute Gasteiger partial charge is 0.463 e. The maximum Gasteiger partial charge on any atom is 0.336 e. The molecular formula is C26H33NO6. The number of benzene rings is 1. The third kappa shape index (κ3) is 7.07. The van der Waals surface area contributed by atoms with E-state index in [0.717, 1.165) is 5.56 Å². The topological polar surface area (TPSA) is 90.9 Å². The number of esters is 3.